The summed E-state index contributed by atoms with van der Waals surface area (Å²) in [5.41, 5.74) is 0. The summed E-state index contributed by atoms with van der Waals surface area (Å²) in [5.74, 6) is -0.174. The molecule has 1 aromatic rings. The number of nitrogens with one attached hydrogen (secondary N) is 1. The Bertz CT molecular complexity index is 286. The Morgan fingerprint density at radius 2 is 1.87 bits per heavy atom. The van der Waals surface area contributed by atoms with E-state index in [0.717, 1.165) is 11.4 Å². The van der Waals surface area contributed by atoms with E-state index < -0.39 is 0 Å². The molecular formula is C12H18FNS. The minimum Gasteiger partial charge on any atom is -0.313 e. The van der Waals surface area contributed by atoms with E-state index in [1.807, 2.05) is 12.1 Å². The molecule has 84 valence electrons. The quantitative estimate of drug-likeness (QED) is 0.775. The lowest BCUT2D eigenvalue weighted by atomic mass is 10.2. The molecule has 0 aliphatic carbocycles. The molecule has 0 aliphatic heterocycles. The van der Waals surface area contributed by atoms with Gasteiger partial charge in [-0.05, 0) is 37.7 Å². The Morgan fingerprint density at radius 1 is 1.27 bits per heavy atom. The molecule has 0 aromatic heterocycles. The van der Waals surface area contributed by atoms with E-state index in [9.17, 15) is 4.39 Å². The van der Waals surface area contributed by atoms with Crippen molar-refractivity contribution in [3.05, 3.63) is 30.1 Å². The van der Waals surface area contributed by atoms with Gasteiger partial charge in [-0.25, -0.2) is 4.39 Å². The third-order valence-electron chi connectivity index (χ3n) is 2.37. The first-order valence-corrected chi connectivity index (χ1v) is 6.17. The largest absolute Gasteiger partial charge is 0.313 e. The zero-order chi connectivity index (χ0) is 11.3. The van der Waals surface area contributed by atoms with E-state index in [2.05, 4.69) is 26.1 Å². The second-order valence-corrected chi connectivity index (χ2v) is 5.07. The average molecular weight is 227 g/mol. The number of hydrogen-bond acceptors (Lipinski definition) is 2. The fourth-order valence-corrected chi connectivity index (χ4v) is 2.34. The first-order chi connectivity index (χ1) is 7.13. The summed E-state index contributed by atoms with van der Waals surface area (Å²) in [6.45, 7) is 7.44. The van der Waals surface area contributed by atoms with Crippen molar-refractivity contribution in [2.75, 3.05) is 6.54 Å². The van der Waals surface area contributed by atoms with Crippen LogP contribution in [0.25, 0.3) is 0 Å². The fraction of sp³-hybridized carbons (Fsp3) is 0.500. The van der Waals surface area contributed by atoms with E-state index in [1.54, 1.807) is 11.8 Å². The number of halogens is 1. The molecule has 0 heterocycles. The molecular weight excluding hydrogens is 209 g/mol. The molecule has 0 fully saturated rings. The van der Waals surface area contributed by atoms with Crippen LogP contribution in [-0.2, 0) is 0 Å². The van der Waals surface area contributed by atoms with Gasteiger partial charge in [0.05, 0.1) is 0 Å². The molecule has 0 saturated carbocycles. The van der Waals surface area contributed by atoms with Gasteiger partial charge in [-0.3, -0.25) is 0 Å². The van der Waals surface area contributed by atoms with Gasteiger partial charge in [0.15, 0.2) is 0 Å². The first kappa shape index (κ1) is 12.5. The molecule has 3 heteroatoms. The lowest BCUT2D eigenvalue weighted by Crippen LogP contribution is -2.33. The van der Waals surface area contributed by atoms with Gasteiger partial charge in [-0.2, -0.15) is 0 Å². The topological polar surface area (TPSA) is 12.0 Å². The zero-order valence-corrected chi connectivity index (χ0v) is 10.3. The molecule has 0 aliphatic rings. The lowest BCUT2D eigenvalue weighted by Gasteiger charge is -2.20. The van der Waals surface area contributed by atoms with Crippen molar-refractivity contribution in [2.45, 2.75) is 37.0 Å². The van der Waals surface area contributed by atoms with Crippen molar-refractivity contribution in [3.63, 3.8) is 0 Å². The predicted molar refractivity (Wildman–Crippen MR) is 64.9 cm³/mol. The van der Waals surface area contributed by atoms with Crippen LogP contribution in [-0.4, -0.2) is 17.8 Å². The van der Waals surface area contributed by atoms with E-state index in [4.69, 9.17) is 0 Å². The van der Waals surface area contributed by atoms with Crippen LogP contribution in [0, 0.1) is 5.82 Å². The van der Waals surface area contributed by atoms with Gasteiger partial charge in [-0.15, -0.1) is 11.8 Å². The summed E-state index contributed by atoms with van der Waals surface area (Å²) in [7, 11) is 0. The molecule has 2 atom stereocenters. The predicted octanol–water partition coefficient (Wildman–Crippen LogP) is 3.30. The highest BCUT2D eigenvalue weighted by molar-refractivity contribution is 8.00. The Morgan fingerprint density at radius 3 is 2.40 bits per heavy atom. The van der Waals surface area contributed by atoms with Crippen molar-refractivity contribution >= 4 is 11.8 Å². The highest BCUT2D eigenvalue weighted by Crippen LogP contribution is 2.25. The fourth-order valence-electron chi connectivity index (χ4n) is 1.32. The van der Waals surface area contributed by atoms with Crippen LogP contribution in [0.15, 0.2) is 29.2 Å². The summed E-state index contributed by atoms with van der Waals surface area (Å²) < 4.78 is 12.7. The third kappa shape index (κ3) is 4.22. The molecule has 0 radical (unpaired) electrons. The molecule has 0 bridgehead atoms. The average Bonchev–Trinajstić information content (AvgIpc) is 2.22. The Hall–Kier alpha value is -0.540. The molecule has 0 spiro atoms. The number of rotatable bonds is 5. The second kappa shape index (κ2) is 6.13. The Kier molecular flexibility index (Phi) is 5.12. The summed E-state index contributed by atoms with van der Waals surface area (Å²) in [6.07, 6.45) is 0. The first-order valence-electron chi connectivity index (χ1n) is 5.29. The van der Waals surface area contributed by atoms with Crippen LogP contribution >= 0.6 is 11.8 Å². The number of thioether (sulfide) groups is 1. The van der Waals surface area contributed by atoms with Crippen molar-refractivity contribution in [1.29, 1.82) is 0 Å². The second-order valence-electron chi connectivity index (χ2n) is 3.62. The number of hydrogen-bond donors (Lipinski definition) is 1. The van der Waals surface area contributed by atoms with E-state index >= 15 is 0 Å². The highest BCUT2D eigenvalue weighted by Gasteiger charge is 2.11. The van der Waals surface area contributed by atoms with Gasteiger partial charge in [0, 0.05) is 16.2 Å². The maximum Gasteiger partial charge on any atom is 0.123 e. The van der Waals surface area contributed by atoms with Gasteiger partial charge < -0.3 is 5.32 Å². The molecule has 1 rings (SSSR count). The standard InChI is InChI=1S/C12H18FNS/c1-4-14-9(2)10(3)15-12-7-5-11(13)6-8-12/h5-10,14H,4H2,1-3H3. The molecule has 0 saturated heterocycles. The van der Waals surface area contributed by atoms with E-state index in [0.29, 0.717) is 11.3 Å². The van der Waals surface area contributed by atoms with Crippen LogP contribution < -0.4 is 5.32 Å². The minimum absolute atomic E-state index is 0.174. The highest BCUT2D eigenvalue weighted by atomic mass is 32.2. The Balaban J connectivity index is 2.50. The van der Waals surface area contributed by atoms with Gasteiger partial charge in [-0.1, -0.05) is 13.8 Å². The maximum absolute atomic E-state index is 12.7. The zero-order valence-electron chi connectivity index (χ0n) is 9.46. The summed E-state index contributed by atoms with van der Waals surface area (Å²) in [4.78, 5) is 1.12. The van der Waals surface area contributed by atoms with Crippen LogP contribution in [0.4, 0.5) is 4.39 Å². The summed E-state index contributed by atoms with van der Waals surface area (Å²) in [6, 6.07) is 7.13. The van der Waals surface area contributed by atoms with Crippen molar-refractivity contribution in [2.24, 2.45) is 0 Å². The summed E-state index contributed by atoms with van der Waals surface area (Å²) in [5, 5.41) is 3.86. The molecule has 0 amide bonds. The van der Waals surface area contributed by atoms with Crippen molar-refractivity contribution in [1.82, 2.24) is 5.32 Å². The van der Waals surface area contributed by atoms with E-state index in [1.165, 1.54) is 12.1 Å². The molecule has 2 unspecified atom stereocenters. The molecule has 1 N–H and O–H groups in total. The normalized spacial score (nSPS) is 14.9. The lowest BCUT2D eigenvalue weighted by molar-refractivity contribution is 0.563. The van der Waals surface area contributed by atoms with Gasteiger partial charge >= 0.3 is 0 Å². The SMILES string of the molecule is CCNC(C)C(C)Sc1ccc(F)cc1. The minimum atomic E-state index is -0.174. The van der Waals surface area contributed by atoms with Crippen LogP contribution in [0.3, 0.4) is 0 Å². The van der Waals surface area contributed by atoms with Gasteiger partial charge in [0.1, 0.15) is 5.82 Å². The summed E-state index contributed by atoms with van der Waals surface area (Å²) >= 11 is 1.77. The third-order valence-corrected chi connectivity index (χ3v) is 3.69. The maximum atomic E-state index is 12.7. The van der Waals surface area contributed by atoms with Crippen molar-refractivity contribution in [3.8, 4) is 0 Å². The monoisotopic (exact) mass is 227 g/mol. The molecule has 1 aromatic carbocycles. The molecule has 15 heavy (non-hydrogen) atoms. The van der Waals surface area contributed by atoms with Crippen LogP contribution in [0.2, 0.25) is 0 Å². The smallest absolute Gasteiger partial charge is 0.123 e. The Labute approximate surface area is 95.5 Å². The number of benzene rings is 1. The van der Waals surface area contributed by atoms with Gasteiger partial charge in [0.25, 0.3) is 0 Å². The van der Waals surface area contributed by atoms with Crippen LogP contribution in [0.1, 0.15) is 20.8 Å². The van der Waals surface area contributed by atoms with E-state index in [-0.39, 0.29) is 5.82 Å². The molecule has 1 nitrogen and oxygen atoms in total. The van der Waals surface area contributed by atoms with Gasteiger partial charge in [0.2, 0.25) is 0 Å². The van der Waals surface area contributed by atoms with Crippen LogP contribution in [0.5, 0.6) is 0 Å². The van der Waals surface area contributed by atoms with Crippen molar-refractivity contribution < 1.29 is 4.39 Å².